The molecular weight excluding hydrogens is 976 g/mol. The van der Waals surface area contributed by atoms with E-state index in [2.05, 4.69) is 118 Å². The molecule has 0 rings (SSSR count). The number of aliphatic hydroxyl groups excluding tert-OH is 1. The quantitative estimate of drug-likeness (QED) is 0.0197. The van der Waals surface area contributed by atoms with Gasteiger partial charge in [0.2, 0.25) is 0 Å². The van der Waals surface area contributed by atoms with Gasteiger partial charge in [-0.1, -0.05) is 214 Å². The van der Waals surface area contributed by atoms with Gasteiger partial charge in [-0.25, -0.2) is 4.57 Å². The van der Waals surface area contributed by atoms with Crippen LogP contribution < -0.4 is 0 Å². The molecule has 434 valence electrons. The molecule has 0 amide bonds. The third-order valence-electron chi connectivity index (χ3n) is 12.2. The van der Waals surface area contributed by atoms with Gasteiger partial charge in [0, 0.05) is 19.3 Å². The average molecular weight is 1080 g/mol. The van der Waals surface area contributed by atoms with Gasteiger partial charge >= 0.3 is 25.7 Å². The Kier molecular flexibility index (Phi) is 54.4. The molecule has 0 saturated heterocycles. The van der Waals surface area contributed by atoms with E-state index in [-0.39, 0.29) is 25.9 Å². The van der Waals surface area contributed by atoms with Crippen LogP contribution in [0.1, 0.15) is 239 Å². The maximum atomic E-state index is 12.9. The fourth-order valence-corrected chi connectivity index (χ4v) is 8.43. The zero-order chi connectivity index (χ0) is 55.5. The van der Waals surface area contributed by atoms with Crippen molar-refractivity contribution in [3.05, 3.63) is 109 Å². The van der Waals surface area contributed by atoms with E-state index in [1.807, 2.05) is 12.2 Å². The molecule has 11 nitrogen and oxygen atoms in total. The maximum absolute atomic E-state index is 12.9. The fraction of sp³-hybridized carbons (Fsp3) is 0.672. The molecular formula is C64H107O11P. The molecule has 76 heavy (non-hydrogen) atoms. The summed E-state index contributed by atoms with van der Waals surface area (Å²) in [6.45, 7) is 4.39. The zero-order valence-electron chi connectivity index (χ0n) is 47.9. The van der Waals surface area contributed by atoms with Gasteiger partial charge in [-0.3, -0.25) is 23.4 Å². The minimum absolute atomic E-state index is 0.0930. The summed E-state index contributed by atoms with van der Waals surface area (Å²) in [5.41, 5.74) is 0. The van der Waals surface area contributed by atoms with Crippen molar-refractivity contribution in [2.24, 2.45) is 0 Å². The summed E-state index contributed by atoms with van der Waals surface area (Å²) in [7, 11) is -4.78. The van der Waals surface area contributed by atoms with Gasteiger partial charge in [-0.2, -0.15) is 0 Å². The molecule has 0 fully saturated rings. The topological polar surface area (TPSA) is 155 Å². The average Bonchev–Trinajstić information content (AvgIpc) is 3.41. The summed E-state index contributed by atoms with van der Waals surface area (Å²) >= 11 is 0. The molecule has 0 aromatic rings. The van der Waals surface area contributed by atoms with Crippen LogP contribution in [0.25, 0.3) is 0 Å². The SMILES string of the molecule is CC/C=C\C/C=C\C/C=C\C/C=C\C/C=C\C/C=C\CCC(=O)OCC(COP(=O)(O)OCC(CO)OC(=O)CCCCCCC/C=C\CCCCCCCC)OC(=O)CCCCCCC/C=C\C/C=C\CCCCC. The number of hydrogen-bond acceptors (Lipinski definition) is 10. The van der Waals surface area contributed by atoms with Gasteiger partial charge in [0.05, 0.1) is 19.8 Å². The number of phosphoric ester groups is 1. The van der Waals surface area contributed by atoms with Crippen LogP contribution in [0.2, 0.25) is 0 Å². The molecule has 0 radical (unpaired) electrons. The first kappa shape index (κ1) is 72.1. The Morgan fingerprint density at radius 2 is 0.711 bits per heavy atom. The number of unbranched alkanes of at least 4 members (excludes halogenated alkanes) is 19. The van der Waals surface area contributed by atoms with Crippen molar-refractivity contribution in [1.29, 1.82) is 0 Å². The lowest BCUT2D eigenvalue weighted by Gasteiger charge is -2.21. The zero-order valence-corrected chi connectivity index (χ0v) is 48.8. The second kappa shape index (κ2) is 57.3. The van der Waals surface area contributed by atoms with Crippen molar-refractivity contribution < 1.29 is 52.2 Å². The van der Waals surface area contributed by atoms with E-state index in [0.717, 1.165) is 122 Å². The van der Waals surface area contributed by atoms with Gasteiger partial charge in [-0.05, 0) is 116 Å². The van der Waals surface area contributed by atoms with Crippen molar-refractivity contribution in [3.8, 4) is 0 Å². The number of carbonyl (C=O) groups excluding carboxylic acids is 3. The number of rotatable bonds is 54. The highest BCUT2D eigenvalue weighted by molar-refractivity contribution is 7.47. The van der Waals surface area contributed by atoms with E-state index in [0.29, 0.717) is 19.3 Å². The molecule has 0 aliphatic carbocycles. The van der Waals surface area contributed by atoms with E-state index >= 15 is 0 Å². The van der Waals surface area contributed by atoms with E-state index < -0.39 is 57.8 Å². The number of carbonyl (C=O) groups is 3. The van der Waals surface area contributed by atoms with Crippen LogP contribution in [-0.2, 0) is 42.2 Å². The molecule has 0 aromatic heterocycles. The Bertz CT molecular complexity index is 1690. The third kappa shape index (κ3) is 54.9. The first-order chi connectivity index (χ1) is 37.2. The van der Waals surface area contributed by atoms with Gasteiger partial charge in [0.25, 0.3) is 0 Å². The predicted molar refractivity (Wildman–Crippen MR) is 316 cm³/mol. The monoisotopic (exact) mass is 1080 g/mol. The standard InChI is InChI=1S/C64H107O11P/c1-4-7-10-13-16-19-22-25-28-29-30-31-34-35-38-41-44-47-50-53-62(66)71-57-61(75-64(68)55-52-49-46-43-40-37-33-27-24-21-18-15-12-9-6-3)59-73-76(69,70)72-58-60(56-65)74-63(67)54-51-48-45-42-39-36-32-26-23-20-17-14-11-8-5-2/h7,10,16,18-19,21,25-28,30-33,35,38,44,47,60-61,65H,4-6,8-9,11-15,17,20,22-24,29,34,36-37,39-43,45-46,48-59H2,1-3H3,(H,69,70)/b10-7-,19-16-,21-18-,28-25-,31-30-,32-26-,33-27-,38-35-,47-44-. The van der Waals surface area contributed by atoms with Gasteiger partial charge in [0.1, 0.15) is 12.7 Å². The van der Waals surface area contributed by atoms with Crippen LogP contribution in [0.15, 0.2) is 109 Å². The smallest absolute Gasteiger partial charge is 0.462 e. The minimum atomic E-state index is -4.78. The Labute approximate surface area is 463 Å². The second-order valence-corrected chi connectivity index (χ2v) is 20.9. The van der Waals surface area contributed by atoms with Crippen molar-refractivity contribution in [2.75, 3.05) is 26.4 Å². The molecule has 0 saturated carbocycles. The molecule has 3 atom stereocenters. The van der Waals surface area contributed by atoms with E-state index in [1.54, 1.807) is 0 Å². The van der Waals surface area contributed by atoms with E-state index in [4.69, 9.17) is 23.3 Å². The van der Waals surface area contributed by atoms with Crippen LogP contribution in [0.3, 0.4) is 0 Å². The van der Waals surface area contributed by atoms with Crippen LogP contribution in [0.4, 0.5) is 0 Å². The van der Waals surface area contributed by atoms with E-state index in [1.165, 1.54) is 57.8 Å². The van der Waals surface area contributed by atoms with Crippen molar-refractivity contribution in [2.45, 2.75) is 251 Å². The van der Waals surface area contributed by atoms with Crippen LogP contribution in [0.5, 0.6) is 0 Å². The Morgan fingerprint density at radius 3 is 1.14 bits per heavy atom. The number of ether oxygens (including phenoxy) is 3. The highest BCUT2D eigenvalue weighted by atomic mass is 31.2. The molecule has 0 heterocycles. The molecule has 2 N–H and O–H groups in total. The summed E-state index contributed by atoms with van der Waals surface area (Å²) in [5, 5.41) is 9.82. The lowest BCUT2D eigenvalue weighted by atomic mass is 10.1. The van der Waals surface area contributed by atoms with Crippen molar-refractivity contribution >= 4 is 25.7 Å². The fourth-order valence-electron chi connectivity index (χ4n) is 7.64. The number of aliphatic hydroxyl groups is 1. The number of hydrogen-bond donors (Lipinski definition) is 2. The Balaban J connectivity index is 4.85. The molecule has 0 aromatic carbocycles. The lowest BCUT2D eigenvalue weighted by Crippen LogP contribution is -2.30. The number of phosphoric acid groups is 1. The number of esters is 3. The van der Waals surface area contributed by atoms with Crippen LogP contribution in [-0.4, -0.2) is 66.5 Å². The normalized spacial score (nSPS) is 14.1. The largest absolute Gasteiger partial charge is 0.472 e. The first-order valence-corrected chi connectivity index (χ1v) is 31.3. The summed E-state index contributed by atoms with van der Waals surface area (Å²) in [4.78, 5) is 48.6. The second-order valence-electron chi connectivity index (χ2n) is 19.4. The van der Waals surface area contributed by atoms with Gasteiger partial charge in [0.15, 0.2) is 6.10 Å². The van der Waals surface area contributed by atoms with Gasteiger partial charge < -0.3 is 24.2 Å². The molecule has 0 aliphatic heterocycles. The lowest BCUT2D eigenvalue weighted by molar-refractivity contribution is -0.161. The van der Waals surface area contributed by atoms with Crippen LogP contribution >= 0.6 is 7.82 Å². The Morgan fingerprint density at radius 1 is 0.382 bits per heavy atom. The maximum Gasteiger partial charge on any atom is 0.472 e. The molecule has 12 heteroatoms. The van der Waals surface area contributed by atoms with Crippen LogP contribution in [0, 0.1) is 0 Å². The predicted octanol–water partition coefficient (Wildman–Crippen LogP) is 17.8. The van der Waals surface area contributed by atoms with Crippen molar-refractivity contribution in [1.82, 2.24) is 0 Å². The highest BCUT2D eigenvalue weighted by Crippen LogP contribution is 2.43. The minimum Gasteiger partial charge on any atom is -0.462 e. The van der Waals surface area contributed by atoms with E-state index in [9.17, 15) is 28.9 Å². The molecule has 0 aliphatic rings. The summed E-state index contributed by atoms with van der Waals surface area (Å²) in [6.07, 6.45) is 69.1. The summed E-state index contributed by atoms with van der Waals surface area (Å²) < 4.78 is 39.5. The summed E-state index contributed by atoms with van der Waals surface area (Å²) in [5.74, 6) is -1.60. The summed E-state index contributed by atoms with van der Waals surface area (Å²) in [6, 6.07) is 0. The van der Waals surface area contributed by atoms with Crippen molar-refractivity contribution in [3.63, 3.8) is 0 Å². The third-order valence-corrected chi connectivity index (χ3v) is 13.1. The Hall–Kier alpha value is -3.86. The highest BCUT2D eigenvalue weighted by Gasteiger charge is 2.28. The molecule has 0 spiro atoms. The number of allylic oxidation sites excluding steroid dienone is 18. The first-order valence-electron chi connectivity index (χ1n) is 29.8. The van der Waals surface area contributed by atoms with Gasteiger partial charge in [-0.15, -0.1) is 0 Å². The molecule has 3 unspecified atom stereocenters. The molecule has 0 bridgehead atoms.